The number of rotatable bonds is 3. The predicted molar refractivity (Wildman–Crippen MR) is 106 cm³/mol. The van der Waals surface area contributed by atoms with E-state index in [4.69, 9.17) is 11.6 Å². The molecule has 0 atom stereocenters. The van der Waals surface area contributed by atoms with Crippen LogP contribution < -0.4 is 10.6 Å². The Morgan fingerprint density at radius 2 is 1.80 bits per heavy atom. The van der Waals surface area contributed by atoms with Crippen molar-refractivity contribution in [3.8, 4) is 0 Å². The molecule has 4 rings (SSSR count). The number of hydrogen-bond donors (Lipinski definition) is 2. The van der Waals surface area contributed by atoms with E-state index in [2.05, 4.69) is 22.8 Å². The lowest BCUT2D eigenvalue weighted by Crippen LogP contribution is -2.26. The van der Waals surface area contributed by atoms with Crippen LogP contribution >= 0.6 is 22.9 Å². The van der Waals surface area contributed by atoms with Crippen LogP contribution in [0.4, 0.5) is 5.69 Å². The molecule has 1 fully saturated rings. The van der Waals surface area contributed by atoms with E-state index >= 15 is 0 Å². The zero-order chi connectivity index (χ0) is 17.2. The lowest BCUT2D eigenvalue weighted by Gasteiger charge is -2.23. The average Bonchev–Trinajstić information content (AvgIpc) is 3.00. The van der Waals surface area contributed by atoms with Gasteiger partial charge in [0.15, 0.2) is 0 Å². The zero-order valence-electron chi connectivity index (χ0n) is 13.7. The first-order valence-corrected chi connectivity index (χ1v) is 9.71. The molecule has 3 aromatic rings. The number of hydrogen-bond acceptors (Lipinski definition) is 3. The van der Waals surface area contributed by atoms with Gasteiger partial charge in [0.2, 0.25) is 0 Å². The van der Waals surface area contributed by atoms with Crippen LogP contribution in [0.2, 0.25) is 5.02 Å². The Morgan fingerprint density at radius 1 is 1.08 bits per heavy atom. The summed E-state index contributed by atoms with van der Waals surface area (Å²) in [6.45, 7) is 2.15. The molecule has 1 aromatic heterocycles. The fourth-order valence-electron chi connectivity index (χ4n) is 3.34. The van der Waals surface area contributed by atoms with E-state index in [9.17, 15) is 4.79 Å². The summed E-state index contributed by atoms with van der Waals surface area (Å²) in [5.74, 6) is 0.462. The Morgan fingerprint density at radius 3 is 2.52 bits per heavy atom. The minimum absolute atomic E-state index is 0.152. The summed E-state index contributed by atoms with van der Waals surface area (Å²) in [5, 5.41) is 7.82. The minimum Gasteiger partial charge on any atom is -0.321 e. The Hall–Kier alpha value is -1.88. The number of amides is 1. The first-order valence-electron chi connectivity index (χ1n) is 8.51. The molecule has 0 aliphatic carbocycles. The lowest BCUT2D eigenvalue weighted by molar-refractivity contribution is 0.103. The molecule has 2 N–H and O–H groups in total. The van der Waals surface area contributed by atoms with Crippen LogP contribution in [-0.2, 0) is 0 Å². The summed E-state index contributed by atoms with van der Waals surface area (Å²) in [7, 11) is 0. The van der Waals surface area contributed by atoms with Crippen molar-refractivity contribution in [2.24, 2.45) is 0 Å². The summed E-state index contributed by atoms with van der Waals surface area (Å²) in [4.78, 5) is 13.2. The molecule has 2 heterocycles. The number of nitrogens with one attached hydrogen (secondary N) is 2. The number of anilines is 1. The molecule has 128 valence electrons. The van der Waals surface area contributed by atoms with Crippen LogP contribution in [0.5, 0.6) is 0 Å². The first-order chi connectivity index (χ1) is 12.2. The van der Waals surface area contributed by atoms with Crippen LogP contribution in [-0.4, -0.2) is 19.0 Å². The third-order valence-electron chi connectivity index (χ3n) is 4.72. The second kappa shape index (κ2) is 7.16. The normalized spacial score (nSPS) is 15.4. The molecule has 0 saturated carbocycles. The van der Waals surface area contributed by atoms with Gasteiger partial charge in [-0.2, -0.15) is 0 Å². The Bertz CT molecular complexity index is 898. The predicted octanol–water partition coefficient (Wildman–Crippen LogP) is 5.27. The molecule has 0 spiro atoms. The van der Waals surface area contributed by atoms with Gasteiger partial charge in [0.1, 0.15) is 4.88 Å². The molecule has 0 bridgehead atoms. The van der Waals surface area contributed by atoms with Gasteiger partial charge in [-0.3, -0.25) is 4.79 Å². The van der Waals surface area contributed by atoms with Gasteiger partial charge in [-0.05, 0) is 55.6 Å². The summed E-state index contributed by atoms with van der Waals surface area (Å²) in [6.07, 6.45) is 2.34. The number of fused-ring (bicyclic) bond motifs is 1. The number of carbonyl (C=O) groups is 1. The monoisotopic (exact) mass is 370 g/mol. The Kier molecular flexibility index (Phi) is 4.75. The van der Waals surface area contributed by atoms with Crippen molar-refractivity contribution in [3.63, 3.8) is 0 Å². The third-order valence-corrected chi connectivity index (χ3v) is 6.39. The highest BCUT2D eigenvalue weighted by atomic mass is 35.5. The maximum Gasteiger partial charge on any atom is 0.267 e. The summed E-state index contributed by atoms with van der Waals surface area (Å²) < 4.78 is 1.03. The zero-order valence-corrected chi connectivity index (χ0v) is 15.3. The van der Waals surface area contributed by atoms with E-state index in [-0.39, 0.29) is 5.91 Å². The average molecular weight is 371 g/mol. The quantitative estimate of drug-likeness (QED) is 0.659. The third kappa shape index (κ3) is 3.43. The van der Waals surface area contributed by atoms with Gasteiger partial charge in [0.25, 0.3) is 5.91 Å². The highest BCUT2D eigenvalue weighted by Crippen LogP contribution is 2.35. The molecule has 1 amide bonds. The summed E-state index contributed by atoms with van der Waals surface area (Å²) >= 11 is 7.81. The lowest BCUT2D eigenvalue weighted by atomic mass is 9.90. The van der Waals surface area contributed by atoms with Crippen LogP contribution in [0.3, 0.4) is 0 Å². The van der Waals surface area contributed by atoms with E-state index in [1.807, 2.05) is 36.4 Å². The van der Waals surface area contributed by atoms with Crippen molar-refractivity contribution in [1.29, 1.82) is 0 Å². The van der Waals surface area contributed by atoms with Crippen LogP contribution in [0.15, 0.2) is 48.5 Å². The van der Waals surface area contributed by atoms with Gasteiger partial charge >= 0.3 is 0 Å². The largest absolute Gasteiger partial charge is 0.321 e. The molecule has 0 radical (unpaired) electrons. The van der Waals surface area contributed by atoms with E-state index in [1.165, 1.54) is 29.7 Å². The molecular weight excluding hydrogens is 352 g/mol. The first kappa shape index (κ1) is 16.6. The molecule has 1 saturated heterocycles. The van der Waals surface area contributed by atoms with Crippen LogP contribution in [0.1, 0.15) is 34.0 Å². The van der Waals surface area contributed by atoms with Gasteiger partial charge in [-0.15, -0.1) is 11.3 Å². The van der Waals surface area contributed by atoms with Crippen molar-refractivity contribution in [2.45, 2.75) is 18.8 Å². The second-order valence-corrected chi connectivity index (χ2v) is 7.77. The summed E-state index contributed by atoms with van der Waals surface area (Å²) in [5.41, 5.74) is 2.15. The van der Waals surface area contributed by atoms with Gasteiger partial charge in [-0.25, -0.2) is 0 Å². The highest BCUT2D eigenvalue weighted by Gasteiger charge is 2.18. The number of benzene rings is 2. The van der Waals surface area contributed by atoms with E-state index in [0.29, 0.717) is 15.8 Å². The van der Waals surface area contributed by atoms with Crippen molar-refractivity contribution < 1.29 is 4.79 Å². The SMILES string of the molecule is O=C(Nc1ccc(C2CCNCC2)cc1)c1sc2ccccc2c1Cl. The van der Waals surface area contributed by atoms with Crippen LogP contribution in [0, 0.1) is 0 Å². The standard InChI is InChI=1S/C20H19ClN2OS/c21-18-16-3-1-2-4-17(16)25-19(18)20(24)23-15-7-5-13(6-8-15)14-9-11-22-12-10-14/h1-8,14,22H,9-12H2,(H,23,24). The molecular formula is C20H19ClN2OS. The van der Waals surface area contributed by atoms with Crippen molar-refractivity contribution in [2.75, 3.05) is 18.4 Å². The number of thiophene rings is 1. The molecule has 5 heteroatoms. The molecule has 1 aliphatic rings. The fraction of sp³-hybridized carbons (Fsp3) is 0.250. The fourth-order valence-corrected chi connectivity index (χ4v) is 4.75. The second-order valence-electron chi connectivity index (χ2n) is 6.34. The summed E-state index contributed by atoms with van der Waals surface area (Å²) in [6, 6.07) is 16.0. The van der Waals surface area contributed by atoms with E-state index in [0.717, 1.165) is 28.9 Å². The smallest absolute Gasteiger partial charge is 0.267 e. The van der Waals surface area contributed by atoms with Gasteiger partial charge in [-0.1, -0.05) is 41.9 Å². The molecule has 0 unspecified atom stereocenters. The van der Waals surface area contributed by atoms with E-state index in [1.54, 1.807) is 0 Å². The van der Waals surface area contributed by atoms with Crippen LogP contribution in [0.25, 0.3) is 10.1 Å². The molecule has 2 aromatic carbocycles. The van der Waals surface area contributed by atoms with Gasteiger partial charge in [0.05, 0.1) is 5.02 Å². The Balaban J connectivity index is 1.51. The van der Waals surface area contributed by atoms with Gasteiger partial charge < -0.3 is 10.6 Å². The number of halogens is 1. The maximum absolute atomic E-state index is 12.6. The highest BCUT2D eigenvalue weighted by molar-refractivity contribution is 7.21. The molecule has 1 aliphatic heterocycles. The molecule has 3 nitrogen and oxygen atoms in total. The number of piperidine rings is 1. The van der Waals surface area contributed by atoms with Crippen molar-refractivity contribution >= 4 is 44.6 Å². The Labute approximate surface area is 156 Å². The van der Waals surface area contributed by atoms with Crippen molar-refractivity contribution in [3.05, 3.63) is 64.0 Å². The van der Waals surface area contributed by atoms with Gasteiger partial charge in [0, 0.05) is 15.8 Å². The number of carbonyl (C=O) groups excluding carboxylic acids is 1. The topological polar surface area (TPSA) is 41.1 Å². The maximum atomic E-state index is 12.6. The molecule has 25 heavy (non-hydrogen) atoms. The minimum atomic E-state index is -0.152. The van der Waals surface area contributed by atoms with E-state index < -0.39 is 0 Å². The van der Waals surface area contributed by atoms with Crippen molar-refractivity contribution in [1.82, 2.24) is 5.32 Å².